The van der Waals surface area contributed by atoms with Crippen LogP contribution in [0.5, 0.6) is 0 Å². The van der Waals surface area contributed by atoms with Crippen molar-refractivity contribution in [2.24, 2.45) is 0 Å². The monoisotopic (exact) mass is 261 g/mol. The molecule has 19 heavy (non-hydrogen) atoms. The van der Waals surface area contributed by atoms with E-state index in [1.54, 1.807) is 5.12 Å². The highest BCUT2D eigenvalue weighted by atomic mass is 16.3. The van der Waals surface area contributed by atoms with Gasteiger partial charge in [-0.2, -0.15) is 5.01 Å². The van der Waals surface area contributed by atoms with E-state index < -0.39 is 6.23 Å². The van der Waals surface area contributed by atoms with E-state index in [1.807, 2.05) is 29.3 Å². The molecule has 3 rings (SSSR count). The van der Waals surface area contributed by atoms with Crippen LogP contribution in [0.4, 0.5) is 0 Å². The van der Waals surface area contributed by atoms with Gasteiger partial charge < -0.3 is 5.11 Å². The van der Waals surface area contributed by atoms with Crippen LogP contribution in [0.1, 0.15) is 41.6 Å². The van der Waals surface area contributed by atoms with Gasteiger partial charge in [-0.3, -0.25) is 10.2 Å². The van der Waals surface area contributed by atoms with Crippen molar-refractivity contribution in [3.63, 3.8) is 0 Å². The highest BCUT2D eigenvalue weighted by Crippen LogP contribution is 2.21. The van der Waals surface area contributed by atoms with Gasteiger partial charge in [0, 0.05) is 12.1 Å². The van der Waals surface area contributed by atoms with Crippen LogP contribution < -0.4 is 5.43 Å². The number of hydrogen-bond donors (Lipinski definition) is 2. The molecule has 102 valence electrons. The van der Waals surface area contributed by atoms with E-state index in [1.165, 1.54) is 0 Å². The molecule has 0 saturated carbocycles. The summed E-state index contributed by atoms with van der Waals surface area (Å²) in [5, 5.41) is 13.8. The summed E-state index contributed by atoms with van der Waals surface area (Å²) in [6.07, 6.45) is 3.47. The van der Waals surface area contributed by atoms with Crippen LogP contribution in [-0.2, 0) is 6.54 Å². The SMILES string of the molecule is O=C1NN(N2CCCCCC2O)Cc2ccccc21. The molecule has 1 fully saturated rings. The Morgan fingerprint density at radius 1 is 1.21 bits per heavy atom. The van der Waals surface area contributed by atoms with E-state index in [0.717, 1.165) is 43.4 Å². The normalized spacial score (nSPS) is 25.5. The van der Waals surface area contributed by atoms with Gasteiger partial charge >= 0.3 is 0 Å². The topological polar surface area (TPSA) is 55.8 Å². The van der Waals surface area contributed by atoms with Gasteiger partial charge in [0.2, 0.25) is 0 Å². The van der Waals surface area contributed by atoms with E-state index in [2.05, 4.69) is 5.43 Å². The number of aliphatic hydroxyl groups is 1. The summed E-state index contributed by atoms with van der Waals surface area (Å²) in [5.74, 6) is -0.0988. The molecule has 1 atom stereocenters. The maximum absolute atomic E-state index is 12.1. The Kier molecular flexibility index (Phi) is 3.50. The van der Waals surface area contributed by atoms with Crippen molar-refractivity contribution >= 4 is 5.91 Å². The second-order valence-corrected chi connectivity index (χ2v) is 5.15. The van der Waals surface area contributed by atoms with Gasteiger partial charge in [0.05, 0.1) is 6.54 Å². The molecular weight excluding hydrogens is 242 g/mol. The van der Waals surface area contributed by atoms with Crippen LogP contribution in [0.2, 0.25) is 0 Å². The van der Waals surface area contributed by atoms with Crippen LogP contribution in [0.3, 0.4) is 0 Å². The molecular formula is C14H19N3O2. The third-order valence-electron chi connectivity index (χ3n) is 3.82. The number of benzene rings is 1. The first-order valence-electron chi connectivity index (χ1n) is 6.87. The molecule has 5 heteroatoms. The average molecular weight is 261 g/mol. The van der Waals surface area contributed by atoms with Gasteiger partial charge in [0.1, 0.15) is 6.23 Å². The average Bonchev–Trinajstić information content (AvgIpc) is 2.63. The number of fused-ring (bicyclic) bond motifs is 1. The zero-order chi connectivity index (χ0) is 13.2. The predicted molar refractivity (Wildman–Crippen MR) is 70.6 cm³/mol. The number of carbonyl (C=O) groups is 1. The van der Waals surface area contributed by atoms with Gasteiger partial charge in [0.25, 0.3) is 5.91 Å². The molecule has 0 radical (unpaired) electrons. The molecule has 2 heterocycles. The number of hydrogen-bond acceptors (Lipinski definition) is 4. The fraction of sp³-hybridized carbons (Fsp3) is 0.500. The van der Waals surface area contributed by atoms with Gasteiger partial charge in [-0.05, 0) is 30.9 Å². The summed E-state index contributed by atoms with van der Waals surface area (Å²) in [7, 11) is 0. The largest absolute Gasteiger partial charge is 0.377 e. The maximum atomic E-state index is 12.1. The number of rotatable bonds is 1. The molecule has 1 amide bonds. The summed E-state index contributed by atoms with van der Waals surface area (Å²) in [6, 6.07) is 7.61. The number of nitrogens with one attached hydrogen (secondary N) is 1. The second-order valence-electron chi connectivity index (χ2n) is 5.15. The Bertz CT molecular complexity index is 478. The minimum absolute atomic E-state index is 0.0988. The van der Waals surface area contributed by atoms with Gasteiger partial charge in [-0.1, -0.05) is 24.6 Å². The summed E-state index contributed by atoms with van der Waals surface area (Å²) in [5.41, 5.74) is 4.59. The Balaban J connectivity index is 1.82. The summed E-state index contributed by atoms with van der Waals surface area (Å²) in [6.45, 7) is 1.39. The summed E-state index contributed by atoms with van der Waals surface area (Å²) >= 11 is 0. The lowest BCUT2D eigenvalue weighted by molar-refractivity contribution is -0.165. The van der Waals surface area contributed by atoms with Crippen molar-refractivity contribution in [1.82, 2.24) is 15.6 Å². The third-order valence-corrected chi connectivity index (χ3v) is 3.82. The standard InChI is InChI=1S/C14H19N3O2/c18-13-8-2-1-5-9-16(13)17-10-11-6-3-4-7-12(11)14(19)15-17/h3-4,6-7,13,18H,1-2,5,8-10H2,(H,15,19). The lowest BCUT2D eigenvalue weighted by Crippen LogP contribution is -2.58. The van der Waals surface area contributed by atoms with Crippen LogP contribution in [-0.4, -0.2) is 33.9 Å². The molecule has 0 aromatic heterocycles. The Morgan fingerprint density at radius 2 is 2.05 bits per heavy atom. The zero-order valence-corrected chi connectivity index (χ0v) is 10.9. The van der Waals surface area contributed by atoms with Crippen molar-refractivity contribution in [2.45, 2.75) is 38.5 Å². The van der Waals surface area contributed by atoms with Crippen LogP contribution in [0, 0.1) is 0 Å². The number of hydrazine groups is 2. The van der Waals surface area contributed by atoms with E-state index >= 15 is 0 Å². The molecule has 0 aliphatic carbocycles. The van der Waals surface area contributed by atoms with E-state index in [4.69, 9.17) is 0 Å². The van der Waals surface area contributed by atoms with Gasteiger partial charge in [-0.15, -0.1) is 5.12 Å². The van der Waals surface area contributed by atoms with E-state index in [9.17, 15) is 9.90 Å². The van der Waals surface area contributed by atoms with E-state index in [0.29, 0.717) is 6.54 Å². The van der Waals surface area contributed by atoms with Crippen LogP contribution >= 0.6 is 0 Å². The minimum Gasteiger partial charge on any atom is -0.377 e. The van der Waals surface area contributed by atoms with Gasteiger partial charge in [-0.25, -0.2) is 0 Å². The number of amides is 1. The highest BCUT2D eigenvalue weighted by Gasteiger charge is 2.30. The van der Waals surface area contributed by atoms with Crippen molar-refractivity contribution in [2.75, 3.05) is 6.54 Å². The fourth-order valence-corrected chi connectivity index (χ4v) is 2.77. The first-order valence-corrected chi connectivity index (χ1v) is 6.87. The molecule has 5 nitrogen and oxygen atoms in total. The van der Waals surface area contributed by atoms with E-state index in [-0.39, 0.29) is 5.91 Å². The first-order chi connectivity index (χ1) is 9.25. The minimum atomic E-state index is -0.506. The quantitative estimate of drug-likeness (QED) is 0.799. The van der Waals surface area contributed by atoms with Crippen molar-refractivity contribution in [3.05, 3.63) is 35.4 Å². The molecule has 1 saturated heterocycles. The van der Waals surface area contributed by atoms with Crippen LogP contribution in [0.25, 0.3) is 0 Å². The summed E-state index contributed by atoms with van der Waals surface area (Å²) < 4.78 is 0. The summed E-state index contributed by atoms with van der Waals surface area (Å²) in [4.78, 5) is 12.1. The van der Waals surface area contributed by atoms with Gasteiger partial charge in [0.15, 0.2) is 0 Å². The molecule has 2 N–H and O–H groups in total. The molecule has 2 aliphatic heterocycles. The smallest absolute Gasteiger partial charge is 0.267 e. The Morgan fingerprint density at radius 3 is 2.95 bits per heavy atom. The number of carbonyl (C=O) groups excluding carboxylic acids is 1. The molecule has 1 aromatic rings. The third kappa shape index (κ3) is 2.49. The van der Waals surface area contributed by atoms with Crippen LogP contribution in [0.15, 0.2) is 24.3 Å². The molecule has 0 spiro atoms. The lowest BCUT2D eigenvalue weighted by atomic mass is 10.1. The van der Waals surface area contributed by atoms with Crippen molar-refractivity contribution in [1.29, 1.82) is 0 Å². The molecule has 1 aromatic carbocycles. The number of nitrogens with zero attached hydrogens (tertiary/aromatic N) is 2. The predicted octanol–water partition coefficient (Wildman–Crippen LogP) is 1.26. The highest BCUT2D eigenvalue weighted by molar-refractivity contribution is 5.96. The Hall–Kier alpha value is -1.43. The molecule has 1 unspecified atom stereocenters. The second kappa shape index (κ2) is 5.28. The number of aliphatic hydroxyl groups excluding tert-OH is 1. The Labute approximate surface area is 112 Å². The van der Waals surface area contributed by atoms with Crippen molar-refractivity contribution in [3.8, 4) is 0 Å². The molecule has 2 aliphatic rings. The maximum Gasteiger partial charge on any atom is 0.267 e. The first kappa shape index (κ1) is 12.6. The lowest BCUT2D eigenvalue weighted by Gasteiger charge is -2.39. The van der Waals surface area contributed by atoms with Crippen molar-refractivity contribution < 1.29 is 9.90 Å². The zero-order valence-electron chi connectivity index (χ0n) is 10.9. The fourth-order valence-electron chi connectivity index (χ4n) is 2.77. The molecule has 0 bridgehead atoms.